The molecule has 2 N–H and O–H groups in total. The van der Waals surface area contributed by atoms with Gasteiger partial charge in [-0.2, -0.15) is 18.2 Å². The van der Waals surface area contributed by atoms with Crippen LogP contribution in [0.25, 0.3) is 0 Å². The van der Waals surface area contributed by atoms with Crippen LogP contribution in [0.15, 0.2) is 18.3 Å². The van der Waals surface area contributed by atoms with Crippen LogP contribution in [-0.2, 0) is 17.4 Å². The monoisotopic (exact) mass is 475 g/mol. The van der Waals surface area contributed by atoms with E-state index in [0.717, 1.165) is 48.4 Å². The highest BCUT2D eigenvalue weighted by Gasteiger charge is 2.39. The number of hydrogen-bond acceptors (Lipinski definition) is 7. The summed E-state index contributed by atoms with van der Waals surface area (Å²) in [5.74, 6) is 0.824. The molecule has 1 atom stereocenters. The molecule has 0 spiro atoms. The van der Waals surface area contributed by atoms with Crippen molar-refractivity contribution in [3.63, 3.8) is 0 Å². The molecule has 2 aromatic heterocycles. The molecule has 0 aromatic carbocycles. The molecule has 2 aliphatic heterocycles. The summed E-state index contributed by atoms with van der Waals surface area (Å²) in [6.07, 6.45) is -0.722. The van der Waals surface area contributed by atoms with E-state index in [9.17, 15) is 22.8 Å². The number of carbonyl (C=O) groups is 2. The predicted octanol–water partition coefficient (Wildman–Crippen LogP) is 2.38. The van der Waals surface area contributed by atoms with Crippen LogP contribution in [0.4, 0.5) is 30.6 Å². The Labute approximate surface area is 193 Å². The summed E-state index contributed by atoms with van der Waals surface area (Å²) >= 11 is 0. The number of amides is 2. The number of anilines is 3. The number of rotatable bonds is 4. The molecule has 1 saturated carbocycles. The van der Waals surface area contributed by atoms with Gasteiger partial charge in [-0.3, -0.25) is 14.6 Å². The van der Waals surface area contributed by atoms with E-state index in [1.54, 1.807) is 4.90 Å². The molecule has 0 radical (unpaired) electrons. The van der Waals surface area contributed by atoms with E-state index < -0.39 is 17.8 Å². The molecular formula is C22H24F3N7O2. The summed E-state index contributed by atoms with van der Waals surface area (Å²) in [4.78, 5) is 41.3. The van der Waals surface area contributed by atoms with Gasteiger partial charge in [0, 0.05) is 31.9 Å². The first-order valence-electron chi connectivity index (χ1n) is 11.2. The van der Waals surface area contributed by atoms with Crippen molar-refractivity contribution < 1.29 is 22.8 Å². The maximum atomic E-state index is 12.6. The van der Waals surface area contributed by atoms with Crippen molar-refractivity contribution in [1.29, 1.82) is 0 Å². The minimum absolute atomic E-state index is 0.0499. The van der Waals surface area contributed by atoms with Crippen molar-refractivity contribution in [3.05, 3.63) is 35.3 Å². The number of alkyl halides is 3. The zero-order valence-electron chi connectivity index (χ0n) is 18.7. The molecule has 5 rings (SSSR count). The van der Waals surface area contributed by atoms with Gasteiger partial charge in [0.05, 0.1) is 11.3 Å². The van der Waals surface area contributed by atoms with Gasteiger partial charge in [0.2, 0.25) is 11.9 Å². The summed E-state index contributed by atoms with van der Waals surface area (Å²) < 4.78 is 37.9. The molecule has 3 aliphatic rings. The smallest absolute Gasteiger partial charge is 0.351 e. The summed E-state index contributed by atoms with van der Waals surface area (Å²) in [7, 11) is 1.85. The number of aromatic nitrogens is 3. The number of nitrogens with one attached hydrogen (secondary N) is 2. The van der Waals surface area contributed by atoms with Crippen LogP contribution in [0.2, 0.25) is 0 Å². The van der Waals surface area contributed by atoms with Gasteiger partial charge < -0.3 is 20.4 Å². The van der Waals surface area contributed by atoms with Gasteiger partial charge >= 0.3 is 6.18 Å². The molecule has 0 saturated heterocycles. The van der Waals surface area contributed by atoms with Gasteiger partial charge in [-0.1, -0.05) is 0 Å². The molecule has 2 aromatic rings. The van der Waals surface area contributed by atoms with Crippen molar-refractivity contribution in [2.75, 3.05) is 28.7 Å². The van der Waals surface area contributed by atoms with E-state index >= 15 is 0 Å². The average Bonchev–Trinajstić information content (AvgIpc) is 2.78. The molecule has 9 nitrogen and oxygen atoms in total. The molecule has 34 heavy (non-hydrogen) atoms. The summed E-state index contributed by atoms with van der Waals surface area (Å²) in [6, 6.07) is 1.56. The first-order valence-corrected chi connectivity index (χ1v) is 11.2. The number of pyridine rings is 1. The molecule has 1 aliphatic carbocycles. The second-order valence-corrected chi connectivity index (χ2v) is 8.96. The van der Waals surface area contributed by atoms with Crippen LogP contribution < -0.4 is 20.4 Å². The van der Waals surface area contributed by atoms with Crippen LogP contribution >= 0.6 is 0 Å². The highest BCUT2D eigenvalue weighted by atomic mass is 19.4. The first kappa shape index (κ1) is 22.4. The Kier molecular flexibility index (Phi) is 5.33. The van der Waals surface area contributed by atoms with E-state index in [1.165, 1.54) is 0 Å². The lowest BCUT2D eigenvalue weighted by Gasteiger charge is -2.42. The summed E-state index contributed by atoms with van der Waals surface area (Å²) in [5, 5.41) is 6.13. The van der Waals surface area contributed by atoms with E-state index in [1.807, 2.05) is 18.9 Å². The van der Waals surface area contributed by atoms with Gasteiger partial charge in [0.1, 0.15) is 17.4 Å². The molecule has 0 bridgehead atoms. The van der Waals surface area contributed by atoms with Gasteiger partial charge in [-0.05, 0) is 44.7 Å². The lowest BCUT2D eigenvalue weighted by Crippen LogP contribution is -2.53. The van der Waals surface area contributed by atoms with Crippen molar-refractivity contribution in [3.8, 4) is 0 Å². The van der Waals surface area contributed by atoms with E-state index in [2.05, 4.69) is 25.6 Å². The Morgan fingerprint density at radius 1 is 1.18 bits per heavy atom. The van der Waals surface area contributed by atoms with E-state index in [4.69, 9.17) is 0 Å². The molecule has 2 amide bonds. The van der Waals surface area contributed by atoms with Gasteiger partial charge in [0.15, 0.2) is 5.82 Å². The molecule has 4 heterocycles. The molecule has 12 heteroatoms. The first-order chi connectivity index (χ1) is 16.1. The highest BCUT2D eigenvalue weighted by molar-refractivity contribution is 6.05. The predicted molar refractivity (Wildman–Crippen MR) is 118 cm³/mol. The fourth-order valence-electron chi connectivity index (χ4n) is 4.56. The second-order valence-electron chi connectivity index (χ2n) is 8.96. The average molecular weight is 475 g/mol. The normalized spacial score (nSPS) is 23.8. The van der Waals surface area contributed by atoms with E-state index in [0.29, 0.717) is 25.3 Å². The Morgan fingerprint density at radius 2 is 1.94 bits per heavy atom. The van der Waals surface area contributed by atoms with Crippen LogP contribution in [0, 0.1) is 0 Å². The minimum atomic E-state index is -4.54. The second kappa shape index (κ2) is 8.10. The number of hydrogen-bond donors (Lipinski definition) is 2. The van der Waals surface area contributed by atoms with Crippen LogP contribution in [0.5, 0.6) is 0 Å². The fraction of sp³-hybridized carbons (Fsp3) is 0.500. The van der Waals surface area contributed by atoms with Gasteiger partial charge in [-0.15, -0.1) is 0 Å². The lowest BCUT2D eigenvalue weighted by molar-refractivity contribution is -0.141. The van der Waals surface area contributed by atoms with Crippen molar-refractivity contribution >= 4 is 29.3 Å². The zero-order chi connectivity index (χ0) is 24.2. The van der Waals surface area contributed by atoms with Crippen molar-refractivity contribution in [1.82, 2.24) is 20.3 Å². The third-order valence-corrected chi connectivity index (χ3v) is 6.66. The molecule has 1 fully saturated rings. The summed E-state index contributed by atoms with van der Waals surface area (Å²) in [6.45, 7) is 2.53. The maximum absolute atomic E-state index is 12.6. The topological polar surface area (TPSA) is 103 Å². The van der Waals surface area contributed by atoms with Gasteiger partial charge in [-0.25, -0.2) is 4.98 Å². The van der Waals surface area contributed by atoms with E-state index in [-0.39, 0.29) is 29.6 Å². The van der Waals surface area contributed by atoms with Crippen LogP contribution in [0.3, 0.4) is 0 Å². The number of nitrogens with zero attached hydrogens (tertiary/aromatic N) is 5. The standard InChI is InChI=1S/C22H24F3N7O2/c1-11-20(34)32-7-3-4-15-17(32)18(31(11)2)30-21(29-15)28-14-8-13(9-14)27-19(33)12-5-6-16(26-10-12)22(23,24)25/h5-6,10-11,13-14H,3-4,7-9H2,1-2H3,(H,27,33)(H,28,29,30)/t11-,13?,14?/m0/s1. The Balaban J connectivity index is 1.21. The number of carbonyl (C=O) groups excluding carboxylic acids is 2. The fourth-order valence-corrected chi connectivity index (χ4v) is 4.56. The minimum Gasteiger partial charge on any atom is -0.351 e. The molecular weight excluding hydrogens is 451 g/mol. The van der Waals surface area contributed by atoms with Gasteiger partial charge in [0.25, 0.3) is 5.91 Å². The SMILES string of the molecule is C[C@H]1C(=O)N2CCCc3nc(NC4CC(NC(=O)c5ccc(C(F)(F)F)nc5)C4)nc(c32)N1C. The third kappa shape index (κ3) is 3.90. The Morgan fingerprint density at radius 3 is 2.62 bits per heavy atom. The van der Waals surface area contributed by atoms with Crippen LogP contribution in [0.1, 0.15) is 47.9 Å². The molecule has 180 valence electrons. The summed E-state index contributed by atoms with van der Waals surface area (Å²) in [5.41, 5.74) is 0.697. The zero-order valence-corrected chi connectivity index (χ0v) is 18.7. The lowest BCUT2D eigenvalue weighted by atomic mass is 9.86. The third-order valence-electron chi connectivity index (χ3n) is 6.66. The Hall–Kier alpha value is -3.44. The van der Waals surface area contributed by atoms with Crippen LogP contribution in [-0.4, -0.2) is 58.5 Å². The Bertz CT molecular complexity index is 1130. The number of likely N-dealkylation sites (N-methyl/N-ethyl adjacent to an activating group) is 1. The van der Waals surface area contributed by atoms with Crippen molar-refractivity contribution in [2.45, 2.75) is 56.9 Å². The molecule has 0 unspecified atom stereocenters. The maximum Gasteiger partial charge on any atom is 0.433 e. The van der Waals surface area contributed by atoms with Crippen molar-refractivity contribution in [2.24, 2.45) is 0 Å². The number of aryl methyl sites for hydroxylation is 1. The highest BCUT2D eigenvalue weighted by Crippen LogP contribution is 2.40. The largest absolute Gasteiger partial charge is 0.433 e. The number of halogens is 3. The quantitative estimate of drug-likeness (QED) is 0.700.